The maximum atomic E-state index is 11.4. The molecule has 106 valence electrons. The summed E-state index contributed by atoms with van der Waals surface area (Å²) in [6.45, 7) is 6.71. The first kappa shape index (κ1) is 15.4. The monoisotopic (exact) mass is 257 g/mol. The summed E-state index contributed by atoms with van der Waals surface area (Å²) < 4.78 is 4.97. The Bertz CT molecular complexity index is 239. The molecule has 0 saturated carbocycles. The van der Waals surface area contributed by atoms with E-state index in [9.17, 15) is 9.90 Å². The van der Waals surface area contributed by atoms with Gasteiger partial charge in [-0.05, 0) is 45.2 Å². The van der Waals surface area contributed by atoms with Crippen molar-refractivity contribution in [3.8, 4) is 0 Å². The Morgan fingerprint density at radius 3 is 2.56 bits per heavy atom. The molecule has 1 rings (SSSR count). The predicted molar refractivity (Wildman–Crippen MR) is 71.3 cm³/mol. The predicted octanol–water partition coefficient (Wildman–Crippen LogP) is 1.81. The normalized spacial score (nSPS) is 20.4. The Balaban J connectivity index is 2.46. The Labute approximate surface area is 110 Å². The quantitative estimate of drug-likeness (QED) is 0.707. The Hall–Kier alpha value is -0.610. The van der Waals surface area contributed by atoms with Gasteiger partial charge in [-0.15, -0.1) is 0 Å². The third-order valence-corrected chi connectivity index (χ3v) is 3.75. The summed E-state index contributed by atoms with van der Waals surface area (Å²) in [4.78, 5) is 13.9. The topological polar surface area (TPSA) is 49.8 Å². The third-order valence-electron chi connectivity index (χ3n) is 3.75. The van der Waals surface area contributed by atoms with Crippen molar-refractivity contribution < 1.29 is 14.6 Å². The highest BCUT2D eigenvalue weighted by Crippen LogP contribution is 2.21. The first-order chi connectivity index (χ1) is 8.69. The number of carbonyl (C=O) groups is 1. The van der Waals surface area contributed by atoms with Crippen molar-refractivity contribution in [1.82, 2.24) is 4.90 Å². The van der Waals surface area contributed by atoms with Crippen molar-refractivity contribution in [3.05, 3.63) is 0 Å². The molecule has 0 aliphatic carbocycles. The number of esters is 1. The highest BCUT2D eigenvalue weighted by Gasteiger charge is 2.26. The molecule has 0 radical (unpaired) electrons. The highest BCUT2D eigenvalue weighted by molar-refractivity contribution is 5.69. The molecule has 4 nitrogen and oxygen atoms in total. The fourth-order valence-corrected chi connectivity index (χ4v) is 2.70. The molecule has 1 aliphatic heterocycles. The van der Waals surface area contributed by atoms with Gasteiger partial charge in [0.15, 0.2) is 0 Å². The van der Waals surface area contributed by atoms with E-state index in [4.69, 9.17) is 4.74 Å². The van der Waals surface area contributed by atoms with Crippen molar-refractivity contribution in [3.63, 3.8) is 0 Å². The van der Waals surface area contributed by atoms with Gasteiger partial charge >= 0.3 is 5.97 Å². The lowest BCUT2D eigenvalue weighted by Gasteiger charge is -2.37. The number of aliphatic hydroxyl groups excluding tert-OH is 1. The van der Waals surface area contributed by atoms with E-state index in [1.165, 1.54) is 19.3 Å². The maximum Gasteiger partial charge on any atom is 0.305 e. The molecule has 0 bridgehead atoms. The van der Waals surface area contributed by atoms with Gasteiger partial charge in [0, 0.05) is 19.1 Å². The van der Waals surface area contributed by atoms with Gasteiger partial charge in [-0.3, -0.25) is 4.79 Å². The molecule has 1 fully saturated rings. The molecule has 1 saturated heterocycles. The number of likely N-dealkylation sites (tertiary alicyclic amines) is 1. The van der Waals surface area contributed by atoms with E-state index in [-0.39, 0.29) is 18.5 Å². The molecule has 0 spiro atoms. The van der Waals surface area contributed by atoms with Crippen LogP contribution in [0, 0.1) is 5.92 Å². The van der Waals surface area contributed by atoms with Crippen molar-refractivity contribution in [2.75, 3.05) is 26.3 Å². The molecule has 0 aromatic heterocycles. The lowest BCUT2D eigenvalue weighted by Crippen LogP contribution is -2.44. The number of ether oxygens (including phenoxy) is 1. The van der Waals surface area contributed by atoms with Crippen LogP contribution in [0.1, 0.15) is 46.0 Å². The SMILES string of the molecule is CCOC(=O)CCC(C(C)CO)N1CCCCC1. The minimum absolute atomic E-state index is 0.121. The summed E-state index contributed by atoms with van der Waals surface area (Å²) in [5, 5.41) is 9.36. The average molecular weight is 257 g/mol. The number of carbonyl (C=O) groups excluding carboxylic acids is 1. The van der Waals surface area contributed by atoms with Gasteiger partial charge in [0.1, 0.15) is 0 Å². The fraction of sp³-hybridized carbons (Fsp3) is 0.929. The van der Waals surface area contributed by atoms with E-state index in [1.54, 1.807) is 0 Å². The van der Waals surface area contributed by atoms with Crippen molar-refractivity contribution in [2.45, 2.75) is 52.0 Å². The van der Waals surface area contributed by atoms with Crippen LogP contribution in [0.3, 0.4) is 0 Å². The Kier molecular flexibility index (Phi) is 7.28. The van der Waals surface area contributed by atoms with Gasteiger partial charge in [0.25, 0.3) is 0 Å². The summed E-state index contributed by atoms with van der Waals surface area (Å²) in [6, 6.07) is 0.305. The number of piperidine rings is 1. The van der Waals surface area contributed by atoms with Crippen LogP contribution >= 0.6 is 0 Å². The molecular weight excluding hydrogens is 230 g/mol. The molecule has 2 unspecified atom stereocenters. The highest BCUT2D eigenvalue weighted by atomic mass is 16.5. The van der Waals surface area contributed by atoms with Crippen LogP contribution in [0.2, 0.25) is 0 Å². The number of aliphatic hydroxyl groups is 1. The zero-order valence-electron chi connectivity index (χ0n) is 11.7. The van der Waals surface area contributed by atoms with E-state index in [2.05, 4.69) is 11.8 Å². The summed E-state index contributed by atoms with van der Waals surface area (Å²) in [5.74, 6) is 0.0992. The second kappa shape index (κ2) is 8.48. The summed E-state index contributed by atoms with van der Waals surface area (Å²) in [7, 11) is 0. The fourth-order valence-electron chi connectivity index (χ4n) is 2.70. The third kappa shape index (κ3) is 4.94. The van der Waals surface area contributed by atoms with Crippen LogP contribution < -0.4 is 0 Å². The molecule has 0 amide bonds. The van der Waals surface area contributed by atoms with Crippen molar-refractivity contribution in [1.29, 1.82) is 0 Å². The number of nitrogens with zero attached hydrogens (tertiary/aromatic N) is 1. The molecule has 0 aromatic rings. The van der Waals surface area contributed by atoms with Gasteiger partial charge < -0.3 is 14.7 Å². The van der Waals surface area contributed by atoms with Gasteiger partial charge in [0.2, 0.25) is 0 Å². The van der Waals surface area contributed by atoms with Crippen LogP contribution in [-0.2, 0) is 9.53 Å². The molecular formula is C14H27NO3. The van der Waals surface area contributed by atoms with Crippen molar-refractivity contribution in [2.24, 2.45) is 5.92 Å². The zero-order valence-corrected chi connectivity index (χ0v) is 11.7. The minimum atomic E-state index is -0.121. The van der Waals surface area contributed by atoms with Crippen LogP contribution in [0.25, 0.3) is 0 Å². The van der Waals surface area contributed by atoms with Crippen LogP contribution in [0.5, 0.6) is 0 Å². The first-order valence-corrected chi connectivity index (χ1v) is 7.19. The lowest BCUT2D eigenvalue weighted by atomic mass is 9.94. The number of hydrogen-bond acceptors (Lipinski definition) is 4. The Morgan fingerprint density at radius 2 is 2.00 bits per heavy atom. The molecule has 1 heterocycles. The second-order valence-electron chi connectivity index (χ2n) is 5.17. The van der Waals surface area contributed by atoms with E-state index in [0.29, 0.717) is 19.1 Å². The molecule has 0 aromatic carbocycles. The van der Waals surface area contributed by atoms with Gasteiger partial charge in [-0.1, -0.05) is 13.3 Å². The molecule has 1 N–H and O–H groups in total. The number of rotatable bonds is 7. The minimum Gasteiger partial charge on any atom is -0.466 e. The number of hydrogen-bond donors (Lipinski definition) is 1. The van der Waals surface area contributed by atoms with Crippen LogP contribution in [0.4, 0.5) is 0 Å². The lowest BCUT2D eigenvalue weighted by molar-refractivity contribution is -0.143. The Morgan fingerprint density at radius 1 is 1.33 bits per heavy atom. The van der Waals surface area contributed by atoms with Gasteiger partial charge in [-0.2, -0.15) is 0 Å². The first-order valence-electron chi connectivity index (χ1n) is 7.19. The molecule has 1 aliphatic rings. The zero-order chi connectivity index (χ0) is 13.4. The average Bonchev–Trinajstić information content (AvgIpc) is 2.40. The van der Waals surface area contributed by atoms with E-state index >= 15 is 0 Å². The molecule has 4 heteroatoms. The second-order valence-corrected chi connectivity index (χ2v) is 5.17. The van der Waals surface area contributed by atoms with Gasteiger partial charge in [0.05, 0.1) is 6.61 Å². The maximum absolute atomic E-state index is 11.4. The van der Waals surface area contributed by atoms with Crippen LogP contribution in [0.15, 0.2) is 0 Å². The molecule has 2 atom stereocenters. The summed E-state index contributed by atoms with van der Waals surface area (Å²) in [5.41, 5.74) is 0. The van der Waals surface area contributed by atoms with E-state index in [0.717, 1.165) is 19.5 Å². The molecule has 18 heavy (non-hydrogen) atoms. The van der Waals surface area contributed by atoms with Crippen LogP contribution in [-0.4, -0.2) is 48.3 Å². The standard InChI is InChI=1S/C14H27NO3/c1-3-18-14(17)8-7-13(12(2)11-16)15-9-5-4-6-10-15/h12-13,16H,3-11H2,1-2H3. The van der Waals surface area contributed by atoms with E-state index in [1.807, 2.05) is 6.92 Å². The smallest absolute Gasteiger partial charge is 0.305 e. The summed E-state index contributed by atoms with van der Waals surface area (Å²) >= 11 is 0. The largest absolute Gasteiger partial charge is 0.466 e. The van der Waals surface area contributed by atoms with Crippen molar-refractivity contribution >= 4 is 5.97 Å². The van der Waals surface area contributed by atoms with Gasteiger partial charge in [-0.25, -0.2) is 0 Å². The summed E-state index contributed by atoms with van der Waals surface area (Å²) in [6.07, 6.45) is 5.01. The van der Waals surface area contributed by atoms with E-state index < -0.39 is 0 Å².